The Morgan fingerprint density at radius 3 is 2.66 bits per heavy atom. The minimum Gasteiger partial charge on any atom is -0.479 e. The Hall–Kier alpha value is -4.24. The van der Waals surface area contributed by atoms with Crippen molar-refractivity contribution in [3.05, 3.63) is 72.1 Å². The number of hydrogen-bond donors (Lipinski definition) is 2. The predicted octanol–water partition coefficient (Wildman–Crippen LogP) is 3.94. The summed E-state index contributed by atoms with van der Waals surface area (Å²) in [5.74, 6) is 1.15. The van der Waals surface area contributed by atoms with Gasteiger partial charge in [0, 0.05) is 30.4 Å². The third kappa shape index (κ3) is 4.58. The molecule has 1 aliphatic rings. The van der Waals surface area contributed by atoms with Crippen LogP contribution >= 0.6 is 0 Å². The van der Waals surface area contributed by atoms with E-state index in [9.17, 15) is 9.90 Å². The molecule has 1 amide bonds. The molecule has 4 aromatic rings. The lowest BCUT2D eigenvalue weighted by atomic mass is 10.1. The molecule has 9 nitrogen and oxygen atoms in total. The third-order valence-electron chi connectivity index (χ3n) is 5.97. The molecule has 4 heterocycles. The maximum absolute atomic E-state index is 13.2. The van der Waals surface area contributed by atoms with Crippen molar-refractivity contribution in [2.75, 3.05) is 30.4 Å². The molecule has 0 aliphatic carbocycles. The lowest BCUT2D eigenvalue weighted by Crippen LogP contribution is -2.21. The van der Waals surface area contributed by atoms with Gasteiger partial charge in [0.2, 0.25) is 5.88 Å². The van der Waals surface area contributed by atoms with Gasteiger partial charge in [-0.3, -0.25) is 4.79 Å². The highest BCUT2D eigenvalue weighted by molar-refractivity contribution is 6.09. The number of benzene rings is 1. The fourth-order valence-electron chi connectivity index (χ4n) is 4.14. The first-order valence-corrected chi connectivity index (χ1v) is 11.3. The average Bonchev–Trinajstić information content (AvgIpc) is 3.50. The van der Waals surface area contributed by atoms with E-state index in [1.807, 2.05) is 42.5 Å². The summed E-state index contributed by atoms with van der Waals surface area (Å²) in [4.78, 5) is 24.3. The summed E-state index contributed by atoms with van der Waals surface area (Å²) < 4.78 is 10.8. The average molecular weight is 472 g/mol. The number of hydrogen-bond acceptors (Lipinski definition) is 8. The topological polar surface area (TPSA) is 114 Å². The summed E-state index contributed by atoms with van der Waals surface area (Å²) >= 11 is 0. The molecule has 1 unspecified atom stereocenters. The number of nitrogens with one attached hydrogen (secondary N) is 1. The smallest absolute Gasteiger partial charge is 0.261 e. The molecule has 178 valence electrons. The van der Waals surface area contributed by atoms with Crippen LogP contribution in [-0.4, -0.2) is 52.4 Å². The maximum atomic E-state index is 13.2. The number of pyridine rings is 2. The second-order valence-electron chi connectivity index (χ2n) is 8.33. The van der Waals surface area contributed by atoms with Crippen LogP contribution in [0.5, 0.6) is 5.88 Å². The molecular weight excluding hydrogens is 446 g/mol. The van der Waals surface area contributed by atoms with Gasteiger partial charge in [0.05, 0.1) is 18.9 Å². The number of aliphatic hydroxyl groups is 1. The Balaban J connectivity index is 1.37. The van der Waals surface area contributed by atoms with Crippen LogP contribution in [0.15, 0.2) is 65.3 Å². The van der Waals surface area contributed by atoms with E-state index in [0.29, 0.717) is 34.9 Å². The van der Waals surface area contributed by atoms with Crippen molar-refractivity contribution in [2.24, 2.45) is 0 Å². The number of carbonyl (C=O) groups excluding carboxylic acids is 1. The number of β-amino-alcohol motifs (C(OH)–C–C–N with tert-alkyl or cyclic N) is 1. The Kier molecular flexibility index (Phi) is 6.15. The monoisotopic (exact) mass is 471 g/mol. The predicted molar refractivity (Wildman–Crippen MR) is 131 cm³/mol. The molecular formula is C26H25N5O4. The van der Waals surface area contributed by atoms with Crippen molar-refractivity contribution < 1.29 is 19.2 Å². The second-order valence-corrected chi connectivity index (χ2v) is 8.33. The van der Waals surface area contributed by atoms with Crippen molar-refractivity contribution >= 4 is 17.4 Å². The molecule has 5 rings (SSSR count). The Labute approximate surface area is 202 Å². The standard InChI is InChI=1S/C26H25N5O4/c1-16-23(24(30-35-16)17-6-4-3-5-7-17)25(33)28-21-10-9-20(29-26(21)34-2)18-8-11-22(27-14-18)31-13-12-19(32)15-31/h3-11,14,19,32H,12-13,15H2,1-2H3,(H,28,33). The number of methoxy groups -OCH3 is 1. The molecule has 1 fully saturated rings. The first kappa shape index (κ1) is 22.5. The number of rotatable bonds is 6. The molecule has 0 spiro atoms. The molecule has 0 radical (unpaired) electrons. The summed E-state index contributed by atoms with van der Waals surface area (Å²) in [6.07, 6.45) is 2.18. The Morgan fingerprint density at radius 2 is 1.97 bits per heavy atom. The van der Waals surface area contributed by atoms with Gasteiger partial charge in [0.15, 0.2) is 0 Å². The molecule has 0 saturated carbocycles. The number of nitrogens with zero attached hydrogens (tertiary/aromatic N) is 4. The van der Waals surface area contributed by atoms with Crippen LogP contribution in [0.1, 0.15) is 22.5 Å². The van der Waals surface area contributed by atoms with Gasteiger partial charge in [-0.15, -0.1) is 0 Å². The normalized spacial score (nSPS) is 15.3. The molecule has 2 N–H and O–H groups in total. The molecule has 3 aromatic heterocycles. The van der Waals surface area contributed by atoms with Crippen LogP contribution in [0, 0.1) is 6.92 Å². The van der Waals surface area contributed by atoms with E-state index >= 15 is 0 Å². The van der Waals surface area contributed by atoms with Gasteiger partial charge in [0.25, 0.3) is 5.91 Å². The van der Waals surface area contributed by atoms with E-state index in [1.54, 1.807) is 25.3 Å². The fraction of sp³-hybridized carbons (Fsp3) is 0.231. The number of aromatic nitrogens is 3. The molecule has 1 aromatic carbocycles. The summed E-state index contributed by atoms with van der Waals surface area (Å²) in [7, 11) is 1.50. The molecule has 35 heavy (non-hydrogen) atoms. The van der Waals surface area contributed by atoms with E-state index in [2.05, 4.69) is 25.3 Å². The molecule has 9 heteroatoms. The fourth-order valence-corrected chi connectivity index (χ4v) is 4.14. The maximum Gasteiger partial charge on any atom is 0.261 e. The van der Waals surface area contributed by atoms with Crippen LogP contribution in [0.3, 0.4) is 0 Å². The highest BCUT2D eigenvalue weighted by Crippen LogP contribution is 2.30. The molecule has 1 atom stereocenters. The zero-order chi connectivity index (χ0) is 24.4. The molecule has 1 saturated heterocycles. The second kappa shape index (κ2) is 9.55. The first-order chi connectivity index (χ1) is 17.0. The largest absolute Gasteiger partial charge is 0.479 e. The number of anilines is 2. The zero-order valence-corrected chi connectivity index (χ0v) is 19.4. The van der Waals surface area contributed by atoms with E-state index < -0.39 is 0 Å². The van der Waals surface area contributed by atoms with Gasteiger partial charge in [-0.1, -0.05) is 35.5 Å². The van der Waals surface area contributed by atoms with Crippen molar-refractivity contribution in [1.82, 2.24) is 15.1 Å². The molecule has 1 aliphatic heterocycles. The quantitative estimate of drug-likeness (QED) is 0.435. The SMILES string of the molecule is COc1nc(-c2ccc(N3CCC(O)C3)nc2)ccc1NC(=O)c1c(-c2ccccc2)noc1C. The number of aliphatic hydroxyl groups excluding tert-OH is 1. The lowest BCUT2D eigenvalue weighted by molar-refractivity contribution is 0.102. The van der Waals surface area contributed by atoms with Gasteiger partial charge in [-0.05, 0) is 37.6 Å². The van der Waals surface area contributed by atoms with Crippen molar-refractivity contribution in [2.45, 2.75) is 19.4 Å². The lowest BCUT2D eigenvalue weighted by Gasteiger charge is -2.16. The summed E-state index contributed by atoms with van der Waals surface area (Å²) in [5.41, 5.74) is 3.51. The highest BCUT2D eigenvalue weighted by atomic mass is 16.5. The number of amides is 1. The summed E-state index contributed by atoms with van der Waals surface area (Å²) in [5, 5.41) is 16.7. The van der Waals surface area contributed by atoms with Crippen LogP contribution < -0.4 is 15.0 Å². The van der Waals surface area contributed by atoms with E-state index in [1.165, 1.54) is 7.11 Å². The first-order valence-electron chi connectivity index (χ1n) is 11.3. The van der Waals surface area contributed by atoms with Gasteiger partial charge in [0.1, 0.15) is 28.5 Å². The van der Waals surface area contributed by atoms with Crippen LogP contribution in [0.2, 0.25) is 0 Å². The Bertz CT molecular complexity index is 1340. The van der Waals surface area contributed by atoms with Crippen LogP contribution in [-0.2, 0) is 0 Å². The van der Waals surface area contributed by atoms with Crippen LogP contribution in [0.25, 0.3) is 22.5 Å². The number of ether oxygens (including phenoxy) is 1. The minimum absolute atomic E-state index is 0.276. The summed E-state index contributed by atoms with van der Waals surface area (Å²) in [6.45, 7) is 3.07. The molecule has 0 bridgehead atoms. The van der Waals surface area contributed by atoms with Crippen molar-refractivity contribution in [1.29, 1.82) is 0 Å². The van der Waals surface area contributed by atoms with Gasteiger partial charge < -0.3 is 24.6 Å². The van der Waals surface area contributed by atoms with Crippen molar-refractivity contribution in [3.8, 4) is 28.4 Å². The van der Waals surface area contributed by atoms with E-state index in [0.717, 1.165) is 29.9 Å². The zero-order valence-electron chi connectivity index (χ0n) is 19.4. The third-order valence-corrected chi connectivity index (χ3v) is 5.97. The van der Waals surface area contributed by atoms with Crippen molar-refractivity contribution in [3.63, 3.8) is 0 Å². The number of carbonyl (C=O) groups is 1. The van der Waals surface area contributed by atoms with E-state index in [4.69, 9.17) is 9.26 Å². The highest BCUT2D eigenvalue weighted by Gasteiger charge is 2.24. The Morgan fingerprint density at radius 1 is 1.14 bits per heavy atom. The van der Waals surface area contributed by atoms with Gasteiger partial charge in [-0.2, -0.15) is 0 Å². The summed E-state index contributed by atoms with van der Waals surface area (Å²) in [6, 6.07) is 16.8. The minimum atomic E-state index is -0.366. The van der Waals surface area contributed by atoms with Crippen LogP contribution in [0.4, 0.5) is 11.5 Å². The van der Waals surface area contributed by atoms with Gasteiger partial charge in [-0.25, -0.2) is 9.97 Å². The number of aryl methyl sites for hydroxylation is 1. The van der Waals surface area contributed by atoms with E-state index in [-0.39, 0.29) is 17.9 Å². The van der Waals surface area contributed by atoms with Gasteiger partial charge >= 0.3 is 0 Å².